The lowest BCUT2D eigenvalue weighted by atomic mass is 10.0. The van der Waals surface area contributed by atoms with Crippen molar-refractivity contribution in [2.24, 2.45) is 7.05 Å². The summed E-state index contributed by atoms with van der Waals surface area (Å²) in [4.78, 5) is 0. The van der Waals surface area contributed by atoms with Gasteiger partial charge in [0.05, 0.1) is 17.0 Å². The van der Waals surface area contributed by atoms with Gasteiger partial charge in [0.1, 0.15) is 11.3 Å². The van der Waals surface area contributed by atoms with Crippen molar-refractivity contribution >= 4 is 17.0 Å². The van der Waals surface area contributed by atoms with E-state index < -0.39 is 5.82 Å². The third-order valence-corrected chi connectivity index (χ3v) is 4.89. The second kappa shape index (κ2) is 6.25. The number of benzene rings is 1. The van der Waals surface area contributed by atoms with E-state index in [1.807, 2.05) is 6.07 Å². The molecule has 1 unspecified atom stereocenters. The molecule has 1 atom stereocenters. The van der Waals surface area contributed by atoms with Crippen LogP contribution in [0.2, 0.25) is 0 Å². The number of aryl methyl sites for hydroxylation is 2. The van der Waals surface area contributed by atoms with Gasteiger partial charge in [-0.2, -0.15) is 10.2 Å². The van der Waals surface area contributed by atoms with Crippen molar-refractivity contribution in [3.05, 3.63) is 35.9 Å². The van der Waals surface area contributed by atoms with Crippen molar-refractivity contribution in [2.75, 3.05) is 6.61 Å². The Morgan fingerprint density at radius 2 is 2.15 bits per heavy atom. The van der Waals surface area contributed by atoms with E-state index in [-0.39, 0.29) is 12.1 Å². The lowest BCUT2D eigenvalue weighted by Gasteiger charge is -2.23. The second-order valence-electron chi connectivity index (χ2n) is 6.62. The molecule has 0 saturated carbocycles. The van der Waals surface area contributed by atoms with E-state index in [1.54, 1.807) is 24.7 Å². The SMILES string of the molecule is C=Cc1nn(C2CCCCO2)c2c(F)cc(-c3c(C)nn(C)c3O)cc12. The Morgan fingerprint density at radius 1 is 1.35 bits per heavy atom. The minimum absolute atomic E-state index is 0.00408. The average molecular weight is 356 g/mol. The Bertz CT molecular complexity index is 999. The number of halogens is 1. The van der Waals surface area contributed by atoms with Crippen molar-refractivity contribution < 1.29 is 14.2 Å². The Balaban J connectivity index is 1.93. The molecule has 7 heteroatoms. The Hall–Kier alpha value is -2.67. The highest BCUT2D eigenvalue weighted by molar-refractivity contribution is 5.92. The molecule has 1 fully saturated rings. The third-order valence-electron chi connectivity index (χ3n) is 4.89. The summed E-state index contributed by atoms with van der Waals surface area (Å²) in [5.74, 6) is -0.403. The summed E-state index contributed by atoms with van der Waals surface area (Å²) < 4.78 is 23.9. The van der Waals surface area contributed by atoms with Crippen molar-refractivity contribution in [1.82, 2.24) is 19.6 Å². The summed E-state index contributed by atoms with van der Waals surface area (Å²) in [6.45, 7) is 6.24. The lowest BCUT2D eigenvalue weighted by Crippen LogP contribution is -2.19. The van der Waals surface area contributed by atoms with Crippen LogP contribution in [-0.4, -0.2) is 31.3 Å². The van der Waals surface area contributed by atoms with E-state index in [4.69, 9.17) is 4.74 Å². The van der Waals surface area contributed by atoms with Crippen LogP contribution in [0.25, 0.3) is 28.1 Å². The van der Waals surface area contributed by atoms with Crippen LogP contribution in [0, 0.1) is 12.7 Å². The third kappa shape index (κ3) is 2.50. The van der Waals surface area contributed by atoms with Crippen molar-refractivity contribution in [3.63, 3.8) is 0 Å². The molecule has 1 aliphatic rings. The lowest BCUT2D eigenvalue weighted by molar-refractivity contribution is -0.0369. The fraction of sp³-hybridized carbons (Fsp3) is 0.368. The Morgan fingerprint density at radius 3 is 2.77 bits per heavy atom. The first-order valence-corrected chi connectivity index (χ1v) is 8.70. The number of fused-ring (bicyclic) bond motifs is 1. The highest BCUT2D eigenvalue weighted by atomic mass is 19.1. The topological polar surface area (TPSA) is 65.1 Å². The molecule has 2 aromatic heterocycles. The molecule has 0 amide bonds. The molecule has 26 heavy (non-hydrogen) atoms. The van der Waals surface area contributed by atoms with Crippen LogP contribution in [0.5, 0.6) is 5.88 Å². The highest BCUT2D eigenvalue weighted by Gasteiger charge is 2.24. The predicted octanol–water partition coefficient (Wildman–Crippen LogP) is 3.93. The number of nitrogens with zero attached hydrogens (tertiary/aromatic N) is 4. The Labute approximate surface area is 150 Å². The maximum absolute atomic E-state index is 15.1. The summed E-state index contributed by atoms with van der Waals surface area (Å²) in [6, 6.07) is 3.24. The number of hydrogen-bond acceptors (Lipinski definition) is 4. The highest BCUT2D eigenvalue weighted by Crippen LogP contribution is 2.37. The molecule has 0 aliphatic carbocycles. The second-order valence-corrected chi connectivity index (χ2v) is 6.62. The van der Waals surface area contributed by atoms with Crippen LogP contribution in [0.15, 0.2) is 18.7 Å². The van der Waals surface area contributed by atoms with Gasteiger partial charge in [0.25, 0.3) is 0 Å². The molecule has 0 spiro atoms. The maximum atomic E-state index is 15.1. The zero-order valence-electron chi connectivity index (χ0n) is 14.9. The van der Waals surface area contributed by atoms with Gasteiger partial charge in [-0.25, -0.2) is 13.8 Å². The van der Waals surface area contributed by atoms with Gasteiger partial charge in [0, 0.05) is 19.0 Å². The van der Waals surface area contributed by atoms with Crippen LogP contribution in [0.3, 0.4) is 0 Å². The van der Waals surface area contributed by atoms with Gasteiger partial charge in [-0.1, -0.05) is 6.58 Å². The average Bonchev–Trinajstić information content (AvgIpc) is 3.13. The van der Waals surface area contributed by atoms with Crippen molar-refractivity contribution in [2.45, 2.75) is 32.4 Å². The molecule has 3 heterocycles. The number of rotatable bonds is 3. The fourth-order valence-electron chi connectivity index (χ4n) is 3.65. The van der Waals surface area contributed by atoms with Gasteiger partial charge in [0.15, 0.2) is 6.23 Å². The number of hydrogen-bond donors (Lipinski definition) is 1. The molecule has 6 nitrogen and oxygen atoms in total. The van der Waals surface area contributed by atoms with Crippen molar-refractivity contribution in [1.29, 1.82) is 0 Å². The van der Waals surface area contributed by atoms with Gasteiger partial charge in [0.2, 0.25) is 5.88 Å². The first kappa shape index (κ1) is 16.8. The zero-order chi connectivity index (χ0) is 18.4. The molecule has 1 N–H and O–H groups in total. The summed E-state index contributed by atoms with van der Waals surface area (Å²) in [5, 5.41) is 19.7. The van der Waals surface area contributed by atoms with Crippen LogP contribution >= 0.6 is 0 Å². The first-order chi connectivity index (χ1) is 12.5. The minimum atomic E-state index is -0.407. The zero-order valence-corrected chi connectivity index (χ0v) is 14.9. The normalized spacial score (nSPS) is 17.7. The molecule has 1 saturated heterocycles. The largest absolute Gasteiger partial charge is 0.493 e. The van der Waals surface area contributed by atoms with E-state index in [9.17, 15) is 5.11 Å². The first-order valence-electron chi connectivity index (χ1n) is 8.70. The summed E-state index contributed by atoms with van der Waals surface area (Å²) in [7, 11) is 1.65. The predicted molar refractivity (Wildman–Crippen MR) is 97.2 cm³/mol. The minimum Gasteiger partial charge on any atom is -0.493 e. The van der Waals surface area contributed by atoms with Crippen LogP contribution < -0.4 is 0 Å². The number of aromatic nitrogens is 4. The van der Waals surface area contributed by atoms with Gasteiger partial charge in [-0.3, -0.25) is 0 Å². The molecule has 0 bridgehead atoms. The maximum Gasteiger partial charge on any atom is 0.217 e. The quantitative estimate of drug-likeness (QED) is 0.772. The number of aromatic hydroxyl groups is 1. The molecule has 1 aromatic carbocycles. The van der Waals surface area contributed by atoms with Crippen LogP contribution in [0.4, 0.5) is 4.39 Å². The molecule has 4 rings (SSSR count). The van der Waals surface area contributed by atoms with E-state index in [0.29, 0.717) is 40.0 Å². The molecular weight excluding hydrogens is 335 g/mol. The van der Waals surface area contributed by atoms with E-state index >= 15 is 4.39 Å². The fourth-order valence-corrected chi connectivity index (χ4v) is 3.65. The van der Waals surface area contributed by atoms with E-state index in [0.717, 1.165) is 19.3 Å². The molecular formula is C19H21FN4O2. The van der Waals surface area contributed by atoms with Crippen molar-refractivity contribution in [3.8, 4) is 17.0 Å². The standard InChI is InChI=1S/C19H21FN4O2/c1-4-15-13-9-12(17-11(2)21-23(3)19(17)25)10-14(20)18(13)24(22-15)16-7-5-6-8-26-16/h4,9-10,16,25H,1,5-8H2,2-3H3. The molecule has 1 aliphatic heterocycles. The van der Waals surface area contributed by atoms with Gasteiger partial charge >= 0.3 is 0 Å². The van der Waals surface area contributed by atoms with Crippen LogP contribution in [0.1, 0.15) is 36.9 Å². The Kier molecular flexibility index (Phi) is 4.03. The molecule has 136 valence electrons. The monoisotopic (exact) mass is 356 g/mol. The summed E-state index contributed by atoms with van der Waals surface area (Å²) in [5.41, 5.74) is 2.70. The molecule has 3 aromatic rings. The van der Waals surface area contributed by atoms with Gasteiger partial charge in [-0.05, 0) is 50.0 Å². The smallest absolute Gasteiger partial charge is 0.217 e. The van der Waals surface area contributed by atoms with Gasteiger partial charge in [-0.15, -0.1) is 0 Å². The summed E-state index contributed by atoms with van der Waals surface area (Å²) >= 11 is 0. The van der Waals surface area contributed by atoms with Crippen LogP contribution in [-0.2, 0) is 11.8 Å². The number of ether oxygens (including phenoxy) is 1. The van der Waals surface area contributed by atoms with Gasteiger partial charge < -0.3 is 9.84 Å². The van der Waals surface area contributed by atoms with E-state index in [1.165, 1.54) is 10.7 Å². The summed E-state index contributed by atoms with van der Waals surface area (Å²) in [6.07, 6.45) is 4.18. The molecule has 0 radical (unpaired) electrons. The van der Waals surface area contributed by atoms with E-state index in [2.05, 4.69) is 16.8 Å².